The highest BCUT2D eigenvalue weighted by molar-refractivity contribution is 6.36. The number of aryl methyl sites for hydroxylation is 1. The summed E-state index contributed by atoms with van der Waals surface area (Å²) in [6.45, 7) is 4.42. The quantitative estimate of drug-likeness (QED) is 0.495. The van der Waals surface area contributed by atoms with Gasteiger partial charge < -0.3 is 14.5 Å². The lowest BCUT2D eigenvalue weighted by molar-refractivity contribution is -0.133. The summed E-state index contributed by atoms with van der Waals surface area (Å²) in [7, 11) is 0. The van der Waals surface area contributed by atoms with Gasteiger partial charge in [-0.2, -0.15) is 0 Å². The van der Waals surface area contributed by atoms with Crippen LogP contribution in [0.3, 0.4) is 0 Å². The summed E-state index contributed by atoms with van der Waals surface area (Å²) >= 11 is 18.2. The summed E-state index contributed by atoms with van der Waals surface area (Å²) < 4.78 is 5.64. The van der Waals surface area contributed by atoms with E-state index >= 15 is 0 Å². The number of nitrogens with zero attached hydrogens (tertiary/aromatic N) is 4. The van der Waals surface area contributed by atoms with E-state index in [1.165, 1.54) is 0 Å². The second-order valence-corrected chi connectivity index (χ2v) is 8.72. The van der Waals surface area contributed by atoms with Crippen LogP contribution in [0.4, 0.5) is 5.82 Å². The standard InChI is InChI=1S/C23H21Cl3N4O2/c1-15-12-17(3-5-19(15)25)32-14-23(31)30-10-8-29(9-11-30)22-7-6-21(27-28-22)18-4-2-16(24)13-20(18)26/h2-7,12-13H,8-11,14H2,1H3. The number of carbonyl (C=O) groups is 1. The van der Waals surface area contributed by atoms with Crippen molar-refractivity contribution in [1.82, 2.24) is 15.1 Å². The van der Waals surface area contributed by atoms with E-state index in [9.17, 15) is 4.79 Å². The molecule has 4 rings (SSSR count). The Morgan fingerprint density at radius 2 is 1.72 bits per heavy atom. The molecule has 0 radical (unpaired) electrons. The molecule has 9 heteroatoms. The zero-order chi connectivity index (χ0) is 22.7. The van der Waals surface area contributed by atoms with E-state index in [2.05, 4.69) is 15.1 Å². The van der Waals surface area contributed by atoms with Crippen LogP contribution in [0.2, 0.25) is 15.1 Å². The van der Waals surface area contributed by atoms with Gasteiger partial charge in [0.2, 0.25) is 0 Å². The van der Waals surface area contributed by atoms with Crippen LogP contribution in [0.5, 0.6) is 5.75 Å². The van der Waals surface area contributed by atoms with Gasteiger partial charge in [-0.05, 0) is 61.0 Å². The lowest BCUT2D eigenvalue weighted by atomic mass is 10.1. The van der Waals surface area contributed by atoms with Crippen molar-refractivity contribution in [2.24, 2.45) is 0 Å². The van der Waals surface area contributed by atoms with Crippen LogP contribution in [-0.4, -0.2) is 53.8 Å². The number of ether oxygens (including phenoxy) is 1. The van der Waals surface area contributed by atoms with E-state index in [0.717, 1.165) is 16.9 Å². The Bertz CT molecular complexity index is 1120. The van der Waals surface area contributed by atoms with Crippen LogP contribution in [-0.2, 0) is 4.79 Å². The summed E-state index contributed by atoms with van der Waals surface area (Å²) in [4.78, 5) is 16.4. The Morgan fingerprint density at radius 1 is 0.938 bits per heavy atom. The molecule has 0 N–H and O–H groups in total. The van der Waals surface area contributed by atoms with Gasteiger partial charge >= 0.3 is 0 Å². The van der Waals surface area contributed by atoms with E-state index < -0.39 is 0 Å². The SMILES string of the molecule is Cc1cc(OCC(=O)N2CCN(c3ccc(-c4ccc(Cl)cc4Cl)nn3)CC2)ccc1Cl. The first-order valence-corrected chi connectivity index (χ1v) is 11.2. The van der Waals surface area contributed by atoms with Crippen molar-refractivity contribution in [2.75, 3.05) is 37.7 Å². The molecular formula is C23H21Cl3N4O2. The van der Waals surface area contributed by atoms with Gasteiger partial charge in [0.1, 0.15) is 5.75 Å². The van der Waals surface area contributed by atoms with Crippen molar-refractivity contribution in [1.29, 1.82) is 0 Å². The molecule has 1 aliphatic rings. The van der Waals surface area contributed by atoms with Crippen molar-refractivity contribution in [3.8, 4) is 17.0 Å². The first-order chi connectivity index (χ1) is 15.4. The lowest BCUT2D eigenvalue weighted by Gasteiger charge is -2.35. The molecule has 0 saturated carbocycles. The van der Waals surface area contributed by atoms with E-state index in [4.69, 9.17) is 39.5 Å². The molecular weight excluding hydrogens is 471 g/mol. The van der Waals surface area contributed by atoms with Gasteiger partial charge in [-0.1, -0.05) is 34.8 Å². The maximum Gasteiger partial charge on any atom is 0.260 e. The van der Waals surface area contributed by atoms with Crippen LogP contribution in [0.25, 0.3) is 11.3 Å². The number of carbonyl (C=O) groups excluding carboxylic acids is 1. The summed E-state index contributed by atoms with van der Waals surface area (Å²) in [5.74, 6) is 1.35. The van der Waals surface area contributed by atoms with Crippen LogP contribution in [0.15, 0.2) is 48.5 Å². The second kappa shape index (κ2) is 9.94. The highest BCUT2D eigenvalue weighted by Crippen LogP contribution is 2.29. The molecule has 1 amide bonds. The average molecular weight is 492 g/mol. The van der Waals surface area contributed by atoms with Crippen LogP contribution in [0.1, 0.15) is 5.56 Å². The van der Waals surface area contributed by atoms with Crippen molar-refractivity contribution in [3.05, 3.63) is 69.2 Å². The molecule has 0 spiro atoms. The van der Waals surface area contributed by atoms with Crippen molar-refractivity contribution in [3.63, 3.8) is 0 Å². The number of hydrogen-bond acceptors (Lipinski definition) is 5. The molecule has 1 fully saturated rings. The summed E-state index contributed by atoms with van der Waals surface area (Å²) in [5.41, 5.74) is 2.37. The smallest absolute Gasteiger partial charge is 0.260 e. The molecule has 6 nitrogen and oxygen atoms in total. The minimum absolute atomic E-state index is 0.00255. The number of amides is 1. The molecule has 0 atom stereocenters. The molecule has 0 aliphatic carbocycles. The van der Waals surface area contributed by atoms with E-state index in [0.29, 0.717) is 52.7 Å². The molecule has 166 valence electrons. The Morgan fingerprint density at radius 3 is 2.38 bits per heavy atom. The third-order valence-corrected chi connectivity index (χ3v) is 6.28. The minimum Gasteiger partial charge on any atom is -0.484 e. The molecule has 1 aromatic heterocycles. The first-order valence-electron chi connectivity index (χ1n) is 10.1. The van der Waals surface area contributed by atoms with Gasteiger partial charge in [-0.25, -0.2) is 0 Å². The minimum atomic E-state index is -0.0453. The third-order valence-electron chi connectivity index (χ3n) is 5.31. The fraction of sp³-hybridized carbons (Fsp3) is 0.261. The van der Waals surface area contributed by atoms with Gasteiger partial charge in [0.05, 0.1) is 10.7 Å². The number of rotatable bonds is 5. The summed E-state index contributed by atoms with van der Waals surface area (Å²) in [6, 6.07) is 14.4. The van der Waals surface area contributed by atoms with E-state index in [-0.39, 0.29) is 12.5 Å². The zero-order valence-electron chi connectivity index (χ0n) is 17.4. The first kappa shape index (κ1) is 22.6. The predicted molar refractivity (Wildman–Crippen MR) is 128 cm³/mol. The van der Waals surface area contributed by atoms with Crippen LogP contribution in [0, 0.1) is 6.92 Å². The molecule has 3 aromatic rings. The molecule has 1 aliphatic heterocycles. The fourth-order valence-corrected chi connectivity index (χ4v) is 4.09. The highest BCUT2D eigenvalue weighted by Gasteiger charge is 2.22. The van der Waals surface area contributed by atoms with Gasteiger partial charge in [0, 0.05) is 41.8 Å². The van der Waals surface area contributed by atoms with Gasteiger partial charge in [-0.15, -0.1) is 10.2 Å². The number of piperazine rings is 1. The molecule has 2 heterocycles. The second-order valence-electron chi connectivity index (χ2n) is 7.47. The van der Waals surface area contributed by atoms with Crippen LogP contribution < -0.4 is 9.64 Å². The maximum absolute atomic E-state index is 12.5. The van der Waals surface area contributed by atoms with Gasteiger partial charge in [0.15, 0.2) is 12.4 Å². The molecule has 1 saturated heterocycles. The van der Waals surface area contributed by atoms with E-state index in [1.54, 1.807) is 29.2 Å². The number of benzene rings is 2. The van der Waals surface area contributed by atoms with Gasteiger partial charge in [0.25, 0.3) is 5.91 Å². The van der Waals surface area contributed by atoms with Gasteiger partial charge in [-0.3, -0.25) is 4.79 Å². The number of halogens is 3. The molecule has 0 unspecified atom stereocenters. The maximum atomic E-state index is 12.5. The topological polar surface area (TPSA) is 58.6 Å². The Kier molecular flexibility index (Phi) is 7.04. The van der Waals surface area contributed by atoms with Crippen molar-refractivity contribution in [2.45, 2.75) is 6.92 Å². The Hall–Kier alpha value is -2.54. The average Bonchev–Trinajstić information content (AvgIpc) is 2.80. The Balaban J connectivity index is 1.31. The Labute approximate surface area is 201 Å². The largest absolute Gasteiger partial charge is 0.484 e. The number of aromatic nitrogens is 2. The normalized spacial score (nSPS) is 13.9. The zero-order valence-corrected chi connectivity index (χ0v) is 19.7. The third kappa shape index (κ3) is 5.26. The highest BCUT2D eigenvalue weighted by atomic mass is 35.5. The summed E-state index contributed by atoms with van der Waals surface area (Å²) in [5, 5.41) is 10.4. The molecule has 32 heavy (non-hydrogen) atoms. The van der Waals surface area contributed by atoms with Crippen molar-refractivity contribution < 1.29 is 9.53 Å². The van der Waals surface area contributed by atoms with Crippen LogP contribution >= 0.6 is 34.8 Å². The number of anilines is 1. The fourth-order valence-electron chi connectivity index (χ4n) is 3.46. The van der Waals surface area contributed by atoms with Crippen molar-refractivity contribution >= 4 is 46.5 Å². The van der Waals surface area contributed by atoms with E-state index in [1.807, 2.05) is 31.2 Å². The number of hydrogen-bond donors (Lipinski definition) is 0. The lowest BCUT2D eigenvalue weighted by Crippen LogP contribution is -2.50. The predicted octanol–water partition coefficient (Wildman–Crippen LogP) is 5.14. The molecule has 0 bridgehead atoms. The monoisotopic (exact) mass is 490 g/mol. The molecule has 2 aromatic carbocycles. The summed E-state index contributed by atoms with van der Waals surface area (Å²) in [6.07, 6.45) is 0.